The number of rotatable bonds is 5. The van der Waals surface area contributed by atoms with Gasteiger partial charge in [-0.2, -0.15) is 0 Å². The molecule has 0 saturated carbocycles. The zero-order valence-electron chi connectivity index (χ0n) is 12.5. The Bertz CT molecular complexity index is 430. The van der Waals surface area contributed by atoms with Crippen LogP contribution in [-0.2, 0) is 14.8 Å². The molecule has 0 aromatic carbocycles. The lowest BCUT2D eigenvalue weighted by Gasteiger charge is -2.32. The SMILES string of the molecule is CCCS(=O)(=O)N1CCC(NC(=O)[C@@H]2CCCN2)CC1.Cl. The first-order valence-corrected chi connectivity index (χ1v) is 9.15. The number of carbonyl (C=O) groups is 1. The fourth-order valence-electron chi connectivity index (χ4n) is 2.88. The highest BCUT2D eigenvalue weighted by Gasteiger charge is 2.30. The van der Waals surface area contributed by atoms with E-state index in [-0.39, 0.29) is 36.2 Å². The molecule has 2 saturated heterocycles. The van der Waals surface area contributed by atoms with Gasteiger partial charge in [-0.3, -0.25) is 4.79 Å². The van der Waals surface area contributed by atoms with Crippen molar-refractivity contribution in [2.24, 2.45) is 0 Å². The molecule has 6 nitrogen and oxygen atoms in total. The summed E-state index contributed by atoms with van der Waals surface area (Å²) in [7, 11) is -3.09. The highest BCUT2D eigenvalue weighted by Crippen LogP contribution is 2.16. The summed E-state index contributed by atoms with van der Waals surface area (Å²) < 4.78 is 25.5. The van der Waals surface area contributed by atoms with E-state index in [9.17, 15) is 13.2 Å². The van der Waals surface area contributed by atoms with Gasteiger partial charge in [0.05, 0.1) is 11.8 Å². The summed E-state index contributed by atoms with van der Waals surface area (Å²) in [5.41, 5.74) is 0. The molecule has 2 aliphatic heterocycles. The van der Waals surface area contributed by atoms with Gasteiger partial charge in [0.25, 0.3) is 0 Å². The Morgan fingerprint density at radius 3 is 2.48 bits per heavy atom. The third-order valence-electron chi connectivity index (χ3n) is 4.03. The third kappa shape index (κ3) is 5.09. The Balaban J connectivity index is 0.00000220. The first-order chi connectivity index (χ1) is 9.53. The smallest absolute Gasteiger partial charge is 0.237 e. The molecule has 0 aromatic rings. The van der Waals surface area contributed by atoms with E-state index >= 15 is 0 Å². The maximum absolute atomic E-state index is 12.0. The minimum atomic E-state index is -3.09. The highest BCUT2D eigenvalue weighted by molar-refractivity contribution is 7.89. The number of sulfonamides is 1. The van der Waals surface area contributed by atoms with Gasteiger partial charge in [0.2, 0.25) is 15.9 Å². The Hall–Kier alpha value is -0.370. The van der Waals surface area contributed by atoms with Crippen molar-refractivity contribution in [3.05, 3.63) is 0 Å². The van der Waals surface area contributed by atoms with E-state index in [1.54, 1.807) is 4.31 Å². The molecule has 0 bridgehead atoms. The van der Waals surface area contributed by atoms with E-state index in [1.807, 2.05) is 6.92 Å². The summed E-state index contributed by atoms with van der Waals surface area (Å²) in [4.78, 5) is 12.0. The average Bonchev–Trinajstić information content (AvgIpc) is 2.93. The second kappa shape index (κ2) is 8.31. The summed E-state index contributed by atoms with van der Waals surface area (Å²) in [5.74, 6) is 0.285. The van der Waals surface area contributed by atoms with Crippen molar-refractivity contribution in [1.82, 2.24) is 14.9 Å². The summed E-state index contributed by atoms with van der Waals surface area (Å²) in [6.07, 6.45) is 4.01. The molecule has 0 spiro atoms. The van der Waals surface area contributed by atoms with E-state index in [1.165, 1.54) is 0 Å². The number of nitrogens with zero attached hydrogens (tertiary/aromatic N) is 1. The molecule has 1 amide bonds. The van der Waals surface area contributed by atoms with Crippen molar-refractivity contribution >= 4 is 28.3 Å². The van der Waals surface area contributed by atoms with Crippen molar-refractivity contribution in [1.29, 1.82) is 0 Å². The van der Waals surface area contributed by atoms with Crippen LogP contribution < -0.4 is 10.6 Å². The number of halogens is 1. The molecule has 8 heteroatoms. The number of amides is 1. The van der Waals surface area contributed by atoms with Crippen LogP contribution in [0.5, 0.6) is 0 Å². The minimum Gasteiger partial charge on any atom is -0.352 e. The molecule has 2 fully saturated rings. The largest absolute Gasteiger partial charge is 0.352 e. The van der Waals surface area contributed by atoms with Gasteiger partial charge in [-0.1, -0.05) is 6.92 Å². The second-order valence-electron chi connectivity index (χ2n) is 5.65. The van der Waals surface area contributed by atoms with Crippen molar-refractivity contribution in [3.8, 4) is 0 Å². The maximum Gasteiger partial charge on any atom is 0.237 e. The molecule has 2 heterocycles. The summed E-state index contributed by atoms with van der Waals surface area (Å²) in [6, 6.07) is 0.0508. The molecule has 0 radical (unpaired) electrons. The Labute approximate surface area is 133 Å². The van der Waals surface area contributed by atoms with Crippen molar-refractivity contribution in [2.75, 3.05) is 25.4 Å². The zero-order valence-corrected chi connectivity index (χ0v) is 14.1. The van der Waals surface area contributed by atoms with Crippen LogP contribution in [0.15, 0.2) is 0 Å². The van der Waals surface area contributed by atoms with Gasteiger partial charge in [-0.15, -0.1) is 12.4 Å². The van der Waals surface area contributed by atoms with E-state index in [0.717, 1.165) is 19.4 Å². The molecular weight excluding hydrogens is 314 g/mol. The van der Waals surface area contributed by atoms with Crippen LogP contribution in [0.3, 0.4) is 0 Å². The van der Waals surface area contributed by atoms with Crippen LogP contribution in [0, 0.1) is 0 Å². The second-order valence-corrected chi connectivity index (χ2v) is 7.74. The van der Waals surface area contributed by atoms with E-state index < -0.39 is 10.0 Å². The Morgan fingerprint density at radius 1 is 1.29 bits per heavy atom. The van der Waals surface area contributed by atoms with Crippen LogP contribution >= 0.6 is 12.4 Å². The molecule has 2 aliphatic rings. The molecular formula is C13H26ClN3O3S. The number of piperidine rings is 1. The lowest BCUT2D eigenvalue weighted by atomic mass is 10.1. The predicted octanol–water partition coefficient (Wildman–Crippen LogP) is 0.481. The summed E-state index contributed by atoms with van der Waals surface area (Å²) in [5, 5.41) is 6.22. The Kier molecular flexibility index (Phi) is 7.39. The van der Waals surface area contributed by atoms with E-state index in [2.05, 4.69) is 10.6 Å². The Morgan fingerprint density at radius 2 is 1.95 bits per heavy atom. The molecule has 124 valence electrons. The molecule has 2 rings (SSSR count). The van der Waals surface area contributed by atoms with Crippen LogP contribution in [0.2, 0.25) is 0 Å². The van der Waals surface area contributed by atoms with Crippen molar-refractivity contribution in [2.45, 2.75) is 51.1 Å². The molecule has 0 unspecified atom stereocenters. The molecule has 2 N–H and O–H groups in total. The van der Waals surface area contributed by atoms with Crippen molar-refractivity contribution in [3.63, 3.8) is 0 Å². The third-order valence-corrected chi connectivity index (χ3v) is 6.11. The van der Waals surface area contributed by atoms with Crippen molar-refractivity contribution < 1.29 is 13.2 Å². The average molecular weight is 340 g/mol. The van der Waals surface area contributed by atoms with Gasteiger partial charge in [0.15, 0.2) is 0 Å². The predicted molar refractivity (Wildman–Crippen MR) is 85.1 cm³/mol. The highest BCUT2D eigenvalue weighted by atomic mass is 35.5. The number of carbonyl (C=O) groups excluding carboxylic acids is 1. The van der Waals surface area contributed by atoms with Gasteiger partial charge in [-0.25, -0.2) is 12.7 Å². The van der Waals surface area contributed by atoms with Crippen LogP contribution in [0.25, 0.3) is 0 Å². The van der Waals surface area contributed by atoms with Gasteiger partial charge in [0, 0.05) is 19.1 Å². The zero-order chi connectivity index (χ0) is 14.6. The van der Waals surface area contributed by atoms with Gasteiger partial charge >= 0.3 is 0 Å². The molecule has 0 aliphatic carbocycles. The topological polar surface area (TPSA) is 78.5 Å². The minimum absolute atomic E-state index is 0. The van der Waals surface area contributed by atoms with Gasteiger partial charge in [-0.05, 0) is 38.6 Å². The standard InChI is InChI=1S/C13H25N3O3S.ClH/c1-2-10-20(18,19)16-8-5-11(6-9-16)15-13(17)12-4-3-7-14-12;/h11-12,14H,2-10H2,1H3,(H,15,17);1H/t12-;/m0./s1. The van der Waals surface area contributed by atoms with E-state index in [0.29, 0.717) is 32.4 Å². The van der Waals surface area contributed by atoms with Gasteiger partial charge in [0.1, 0.15) is 0 Å². The van der Waals surface area contributed by atoms with Gasteiger partial charge < -0.3 is 10.6 Å². The molecule has 1 atom stereocenters. The monoisotopic (exact) mass is 339 g/mol. The van der Waals surface area contributed by atoms with Crippen LogP contribution in [0.1, 0.15) is 39.0 Å². The fraction of sp³-hybridized carbons (Fsp3) is 0.923. The first-order valence-electron chi connectivity index (χ1n) is 7.54. The summed E-state index contributed by atoms with van der Waals surface area (Å²) in [6.45, 7) is 3.82. The van der Waals surface area contributed by atoms with E-state index in [4.69, 9.17) is 0 Å². The molecule has 0 aromatic heterocycles. The summed E-state index contributed by atoms with van der Waals surface area (Å²) >= 11 is 0. The van der Waals surface area contributed by atoms with Crippen LogP contribution in [-0.4, -0.2) is 56.1 Å². The first kappa shape index (κ1) is 18.7. The number of nitrogens with one attached hydrogen (secondary N) is 2. The number of hydrogen-bond donors (Lipinski definition) is 2. The van der Waals surface area contributed by atoms with Crippen LogP contribution in [0.4, 0.5) is 0 Å². The normalized spacial score (nSPS) is 24.5. The quantitative estimate of drug-likeness (QED) is 0.763. The molecule has 21 heavy (non-hydrogen) atoms. The maximum atomic E-state index is 12.0. The number of hydrogen-bond acceptors (Lipinski definition) is 4. The lowest BCUT2D eigenvalue weighted by molar-refractivity contribution is -0.123. The lowest BCUT2D eigenvalue weighted by Crippen LogP contribution is -2.50. The fourth-order valence-corrected chi connectivity index (χ4v) is 4.42.